The van der Waals surface area contributed by atoms with Crippen LogP contribution in [0.15, 0.2) is 47.1 Å². The zero-order valence-corrected chi connectivity index (χ0v) is 15.3. The number of halogens is 3. The number of carbonyl (C=O) groups is 1. The molecule has 0 aliphatic heterocycles. The number of alkyl halides is 3. The van der Waals surface area contributed by atoms with Crippen molar-refractivity contribution in [1.82, 2.24) is 19.6 Å². The van der Waals surface area contributed by atoms with E-state index in [4.69, 9.17) is 4.42 Å². The largest absolute Gasteiger partial charge is 0.463 e. The van der Waals surface area contributed by atoms with Crippen LogP contribution in [0.3, 0.4) is 0 Å². The van der Waals surface area contributed by atoms with Crippen LogP contribution in [0, 0.1) is 13.8 Å². The topological polar surface area (TPSA) is 85.3 Å². The van der Waals surface area contributed by atoms with Crippen LogP contribution >= 0.6 is 0 Å². The summed E-state index contributed by atoms with van der Waals surface area (Å²) in [6.45, 7) is 3.80. The van der Waals surface area contributed by atoms with Crippen molar-refractivity contribution in [1.29, 1.82) is 0 Å². The van der Waals surface area contributed by atoms with Crippen LogP contribution in [0.2, 0.25) is 0 Å². The smallest absolute Gasteiger partial charge is 0.433 e. The van der Waals surface area contributed by atoms with Crippen molar-refractivity contribution >= 4 is 17.4 Å². The van der Waals surface area contributed by atoms with Gasteiger partial charge in [0.2, 0.25) is 5.82 Å². The second-order valence-electron chi connectivity index (χ2n) is 6.40. The van der Waals surface area contributed by atoms with Gasteiger partial charge in [-0.3, -0.25) is 4.79 Å². The van der Waals surface area contributed by atoms with Gasteiger partial charge in [-0.2, -0.15) is 22.7 Å². The molecule has 7 nitrogen and oxygen atoms in total. The van der Waals surface area contributed by atoms with Crippen molar-refractivity contribution < 1.29 is 22.4 Å². The van der Waals surface area contributed by atoms with Gasteiger partial charge in [0.25, 0.3) is 11.7 Å². The van der Waals surface area contributed by atoms with Gasteiger partial charge in [0.05, 0.1) is 6.26 Å². The maximum Gasteiger partial charge on any atom is 0.433 e. The van der Waals surface area contributed by atoms with Gasteiger partial charge in [0, 0.05) is 5.69 Å². The highest BCUT2D eigenvalue weighted by Gasteiger charge is 2.36. The fourth-order valence-electron chi connectivity index (χ4n) is 2.72. The summed E-state index contributed by atoms with van der Waals surface area (Å²) in [5.41, 5.74) is 1.29. The van der Waals surface area contributed by atoms with Crippen molar-refractivity contribution in [3.8, 4) is 11.5 Å². The molecular formula is C19H14F3N5O2. The fraction of sp³-hybridized carbons (Fsp3) is 0.158. The van der Waals surface area contributed by atoms with Gasteiger partial charge in [-0.15, -0.1) is 5.10 Å². The third kappa shape index (κ3) is 3.56. The molecule has 1 aromatic carbocycles. The number of aromatic nitrogens is 4. The van der Waals surface area contributed by atoms with E-state index in [0.717, 1.165) is 17.2 Å². The van der Waals surface area contributed by atoms with E-state index in [2.05, 4.69) is 20.4 Å². The number of fused-ring (bicyclic) bond motifs is 1. The molecule has 0 fully saturated rings. The van der Waals surface area contributed by atoms with Crippen LogP contribution in [0.4, 0.5) is 18.9 Å². The molecule has 0 spiro atoms. The minimum atomic E-state index is -4.74. The zero-order valence-electron chi connectivity index (χ0n) is 15.3. The van der Waals surface area contributed by atoms with Crippen molar-refractivity contribution in [2.24, 2.45) is 0 Å². The summed E-state index contributed by atoms with van der Waals surface area (Å²) >= 11 is 0. The van der Waals surface area contributed by atoms with Crippen molar-refractivity contribution in [2.75, 3.05) is 5.32 Å². The van der Waals surface area contributed by atoms with E-state index in [1.54, 1.807) is 12.1 Å². The van der Waals surface area contributed by atoms with E-state index in [1.807, 2.05) is 19.9 Å². The Morgan fingerprint density at radius 1 is 1.10 bits per heavy atom. The maximum atomic E-state index is 13.5. The van der Waals surface area contributed by atoms with Gasteiger partial charge in [-0.05, 0) is 55.3 Å². The standard InChI is InChI=1S/C19H14F3N5O2/c1-10-5-6-12(8-11(10)2)23-17(28)16-25-18-24-13(14-4-3-7-29-14)9-15(19(20,21)22)27(18)26-16/h3-9H,1-2H3,(H,23,28). The summed E-state index contributed by atoms with van der Waals surface area (Å²) in [4.78, 5) is 20.4. The fourth-order valence-corrected chi connectivity index (χ4v) is 2.72. The predicted molar refractivity (Wildman–Crippen MR) is 97.4 cm³/mol. The molecule has 0 aliphatic carbocycles. The molecule has 3 aromatic heterocycles. The van der Waals surface area contributed by atoms with E-state index in [0.29, 0.717) is 10.2 Å². The van der Waals surface area contributed by atoms with Crippen molar-refractivity contribution in [3.05, 3.63) is 65.3 Å². The SMILES string of the molecule is Cc1ccc(NC(=O)c2nc3nc(-c4ccco4)cc(C(F)(F)F)n3n2)cc1C. The van der Waals surface area contributed by atoms with Gasteiger partial charge >= 0.3 is 6.18 Å². The highest BCUT2D eigenvalue weighted by atomic mass is 19.4. The normalized spacial score (nSPS) is 11.8. The molecule has 10 heteroatoms. The number of hydrogen-bond donors (Lipinski definition) is 1. The van der Waals surface area contributed by atoms with E-state index in [-0.39, 0.29) is 17.2 Å². The molecule has 29 heavy (non-hydrogen) atoms. The summed E-state index contributed by atoms with van der Waals surface area (Å²) < 4.78 is 46.2. The van der Waals surface area contributed by atoms with Gasteiger partial charge in [-0.1, -0.05) is 6.07 Å². The van der Waals surface area contributed by atoms with Crippen molar-refractivity contribution in [2.45, 2.75) is 20.0 Å². The van der Waals surface area contributed by atoms with Gasteiger partial charge in [0.15, 0.2) is 11.5 Å². The van der Waals surface area contributed by atoms with E-state index < -0.39 is 23.6 Å². The Labute approximate surface area is 162 Å². The molecular weight excluding hydrogens is 387 g/mol. The first-order valence-corrected chi connectivity index (χ1v) is 8.50. The number of benzene rings is 1. The summed E-state index contributed by atoms with van der Waals surface area (Å²) in [7, 11) is 0. The minimum absolute atomic E-state index is 0.0663. The number of amides is 1. The van der Waals surface area contributed by atoms with Crippen molar-refractivity contribution in [3.63, 3.8) is 0 Å². The quantitative estimate of drug-likeness (QED) is 0.554. The number of rotatable bonds is 3. The first-order chi connectivity index (χ1) is 13.7. The third-order valence-corrected chi connectivity index (χ3v) is 4.34. The summed E-state index contributed by atoms with van der Waals surface area (Å²) in [6, 6.07) is 9.05. The Bertz CT molecular complexity index is 1210. The van der Waals surface area contributed by atoms with Crippen LogP contribution in [0.1, 0.15) is 27.4 Å². The molecule has 148 valence electrons. The van der Waals surface area contributed by atoms with Gasteiger partial charge in [0.1, 0.15) is 5.69 Å². The van der Waals surface area contributed by atoms with Crippen LogP contribution in [-0.4, -0.2) is 25.5 Å². The van der Waals surface area contributed by atoms with Gasteiger partial charge < -0.3 is 9.73 Å². The third-order valence-electron chi connectivity index (χ3n) is 4.34. The lowest BCUT2D eigenvalue weighted by molar-refractivity contribution is -0.142. The Kier molecular flexibility index (Phi) is 4.33. The number of nitrogens with one attached hydrogen (secondary N) is 1. The van der Waals surface area contributed by atoms with Gasteiger partial charge in [-0.25, -0.2) is 4.98 Å². The molecule has 0 aliphatic rings. The van der Waals surface area contributed by atoms with E-state index in [9.17, 15) is 18.0 Å². The van der Waals surface area contributed by atoms with Crippen LogP contribution < -0.4 is 5.32 Å². The number of carbonyl (C=O) groups excluding carboxylic acids is 1. The number of anilines is 1. The minimum Gasteiger partial charge on any atom is -0.463 e. The average Bonchev–Trinajstić information content (AvgIpc) is 3.32. The van der Waals surface area contributed by atoms with Crippen LogP contribution in [-0.2, 0) is 6.18 Å². The summed E-state index contributed by atoms with van der Waals surface area (Å²) in [6.07, 6.45) is -3.42. The van der Waals surface area contributed by atoms with E-state index >= 15 is 0 Å². The second kappa shape index (κ2) is 6.73. The molecule has 1 N–H and O–H groups in total. The Morgan fingerprint density at radius 3 is 2.55 bits per heavy atom. The highest BCUT2D eigenvalue weighted by Crippen LogP contribution is 2.32. The zero-order chi connectivity index (χ0) is 20.8. The molecule has 4 aromatic rings. The predicted octanol–water partition coefficient (Wildman–Crippen LogP) is 4.27. The lowest BCUT2D eigenvalue weighted by Gasteiger charge is -2.09. The molecule has 1 amide bonds. The number of hydrogen-bond acceptors (Lipinski definition) is 5. The molecule has 0 saturated carbocycles. The number of nitrogens with zero attached hydrogens (tertiary/aromatic N) is 4. The molecule has 3 heterocycles. The summed E-state index contributed by atoms with van der Waals surface area (Å²) in [5.74, 6) is -1.40. The Balaban J connectivity index is 1.76. The average molecular weight is 401 g/mol. The first-order valence-electron chi connectivity index (χ1n) is 8.50. The molecule has 4 rings (SSSR count). The Hall–Kier alpha value is -3.69. The molecule has 0 bridgehead atoms. The van der Waals surface area contributed by atoms with Crippen LogP contribution in [0.25, 0.3) is 17.2 Å². The second-order valence-corrected chi connectivity index (χ2v) is 6.40. The number of furan rings is 1. The highest BCUT2D eigenvalue weighted by molar-refractivity contribution is 6.01. The molecule has 0 saturated heterocycles. The lowest BCUT2D eigenvalue weighted by Crippen LogP contribution is -2.16. The maximum absolute atomic E-state index is 13.5. The molecule has 0 radical (unpaired) electrons. The molecule has 0 atom stereocenters. The van der Waals surface area contributed by atoms with Crippen LogP contribution in [0.5, 0.6) is 0 Å². The Morgan fingerprint density at radius 2 is 1.90 bits per heavy atom. The first kappa shape index (κ1) is 18.7. The van der Waals surface area contributed by atoms with E-state index in [1.165, 1.54) is 18.4 Å². The summed E-state index contributed by atoms with van der Waals surface area (Å²) in [5, 5.41) is 6.30. The lowest BCUT2D eigenvalue weighted by atomic mass is 10.1. The monoisotopic (exact) mass is 401 g/mol. The molecule has 0 unspecified atom stereocenters. The number of aryl methyl sites for hydroxylation is 2.